The zero-order valence-corrected chi connectivity index (χ0v) is 8.84. The Bertz CT molecular complexity index is 180. The standard InChI is InChI=1S/C13H22/c1-2-6-12-10-13(12)9-11-7-4-3-5-8-11/h4,7,11-13H,2-3,5-6,8-10H2,1H3. The number of allylic oxidation sites excluding steroid dienone is 2. The molecule has 2 rings (SSSR count). The number of rotatable bonds is 4. The van der Waals surface area contributed by atoms with Crippen LogP contribution < -0.4 is 0 Å². The summed E-state index contributed by atoms with van der Waals surface area (Å²) in [6.45, 7) is 2.32. The molecule has 3 unspecified atom stereocenters. The van der Waals surface area contributed by atoms with Crippen molar-refractivity contribution in [2.75, 3.05) is 0 Å². The molecule has 0 radical (unpaired) electrons. The van der Waals surface area contributed by atoms with Crippen LogP contribution >= 0.6 is 0 Å². The van der Waals surface area contributed by atoms with Gasteiger partial charge in [0.1, 0.15) is 0 Å². The molecule has 0 aromatic rings. The monoisotopic (exact) mass is 178 g/mol. The lowest BCUT2D eigenvalue weighted by Gasteiger charge is -2.15. The molecule has 0 amide bonds. The molecule has 0 heteroatoms. The van der Waals surface area contributed by atoms with Crippen LogP contribution in [0.5, 0.6) is 0 Å². The van der Waals surface area contributed by atoms with Crippen LogP contribution in [0.1, 0.15) is 51.9 Å². The Morgan fingerprint density at radius 2 is 2.23 bits per heavy atom. The van der Waals surface area contributed by atoms with Crippen molar-refractivity contribution in [2.24, 2.45) is 17.8 Å². The third-order valence-electron chi connectivity index (χ3n) is 3.69. The Kier molecular flexibility index (Phi) is 3.08. The summed E-state index contributed by atoms with van der Waals surface area (Å²) in [5.41, 5.74) is 0. The highest BCUT2D eigenvalue weighted by atomic mass is 14.4. The molecule has 1 fully saturated rings. The summed E-state index contributed by atoms with van der Waals surface area (Å²) in [7, 11) is 0. The summed E-state index contributed by atoms with van der Waals surface area (Å²) in [6.07, 6.45) is 15.0. The highest BCUT2D eigenvalue weighted by Crippen LogP contribution is 2.47. The molecule has 74 valence electrons. The first kappa shape index (κ1) is 9.30. The predicted molar refractivity (Wildman–Crippen MR) is 57.6 cm³/mol. The highest BCUT2D eigenvalue weighted by molar-refractivity contribution is 4.97. The van der Waals surface area contributed by atoms with E-state index < -0.39 is 0 Å². The van der Waals surface area contributed by atoms with Crippen molar-refractivity contribution >= 4 is 0 Å². The predicted octanol–water partition coefficient (Wildman–Crippen LogP) is 4.17. The molecule has 0 aromatic heterocycles. The zero-order valence-electron chi connectivity index (χ0n) is 8.84. The summed E-state index contributed by atoms with van der Waals surface area (Å²) >= 11 is 0. The number of hydrogen-bond acceptors (Lipinski definition) is 0. The molecule has 0 bridgehead atoms. The highest BCUT2D eigenvalue weighted by Gasteiger charge is 2.36. The van der Waals surface area contributed by atoms with Crippen LogP contribution in [0.4, 0.5) is 0 Å². The SMILES string of the molecule is CCCC1CC1CC1C=CCCC1. The average Bonchev–Trinajstić information content (AvgIpc) is 2.86. The Balaban J connectivity index is 1.68. The smallest absolute Gasteiger partial charge is 0.0231 e. The van der Waals surface area contributed by atoms with Crippen molar-refractivity contribution in [2.45, 2.75) is 51.9 Å². The van der Waals surface area contributed by atoms with E-state index in [0.29, 0.717) is 0 Å². The largest absolute Gasteiger partial charge is 0.0883 e. The quantitative estimate of drug-likeness (QED) is 0.567. The van der Waals surface area contributed by atoms with E-state index in [1.807, 2.05) is 0 Å². The van der Waals surface area contributed by atoms with Gasteiger partial charge in [-0.2, -0.15) is 0 Å². The van der Waals surface area contributed by atoms with Crippen LogP contribution in [0.3, 0.4) is 0 Å². The van der Waals surface area contributed by atoms with Gasteiger partial charge in [0, 0.05) is 0 Å². The van der Waals surface area contributed by atoms with Gasteiger partial charge in [0.25, 0.3) is 0 Å². The molecule has 0 nitrogen and oxygen atoms in total. The maximum absolute atomic E-state index is 2.48. The molecule has 2 aliphatic carbocycles. The molecule has 0 heterocycles. The molecule has 0 N–H and O–H groups in total. The molecule has 0 aromatic carbocycles. The fraction of sp³-hybridized carbons (Fsp3) is 0.846. The second-order valence-electron chi connectivity index (χ2n) is 4.90. The molecule has 0 aliphatic heterocycles. The molecule has 13 heavy (non-hydrogen) atoms. The lowest BCUT2D eigenvalue weighted by Crippen LogP contribution is -2.02. The van der Waals surface area contributed by atoms with Crippen LogP contribution in [0, 0.1) is 17.8 Å². The Morgan fingerprint density at radius 3 is 2.92 bits per heavy atom. The van der Waals surface area contributed by atoms with Crippen molar-refractivity contribution in [3.05, 3.63) is 12.2 Å². The van der Waals surface area contributed by atoms with E-state index in [0.717, 1.165) is 17.8 Å². The van der Waals surface area contributed by atoms with E-state index in [2.05, 4.69) is 19.1 Å². The van der Waals surface area contributed by atoms with Gasteiger partial charge in [-0.15, -0.1) is 0 Å². The van der Waals surface area contributed by atoms with Crippen molar-refractivity contribution < 1.29 is 0 Å². The summed E-state index contributed by atoms with van der Waals surface area (Å²) < 4.78 is 0. The van der Waals surface area contributed by atoms with E-state index in [9.17, 15) is 0 Å². The third kappa shape index (κ3) is 2.59. The van der Waals surface area contributed by atoms with E-state index in [1.54, 1.807) is 0 Å². The lowest BCUT2D eigenvalue weighted by molar-refractivity contribution is 0.456. The topological polar surface area (TPSA) is 0 Å². The van der Waals surface area contributed by atoms with Crippen LogP contribution in [0.2, 0.25) is 0 Å². The first-order valence-electron chi connectivity index (χ1n) is 6.06. The van der Waals surface area contributed by atoms with Gasteiger partial charge in [0.05, 0.1) is 0 Å². The van der Waals surface area contributed by atoms with Crippen LogP contribution in [0.15, 0.2) is 12.2 Å². The fourth-order valence-corrected chi connectivity index (χ4v) is 2.79. The maximum atomic E-state index is 2.48. The minimum atomic E-state index is 0.945. The Morgan fingerprint density at radius 1 is 1.31 bits per heavy atom. The second kappa shape index (κ2) is 4.30. The van der Waals surface area contributed by atoms with Crippen LogP contribution in [0.25, 0.3) is 0 Å². The second-order valence-corrected chi connectivity index (χ2v) is 4.90. The lowest BCUT2D eigenvalue weighted by atomic mass is 9.90. The molecular weight excluding hydrogens is 156 g/mol. The zero-order chi connectivity index (χ0) is 9.10. The first-order valence-corrected chi connectivity index (χ1v) is 6.06. The van der Waals surface area contributed by atoms with Gasteiger partial charge in [-0.25, -0.2) is 0 Å². The summed E-state index contributed by atoms with van der Waals surface area (Å²) in [5.74, 6) is 3.16. The molecule has 0 saturated heterocycles. The fourth-order valence-electron chi connectivity index (χ4n) is 2.79. The molecular formula is C13H22. The van der Waals surface area contributed by atoms with Crippen molar-refractivity contribution in [1.29, 1.82) is 0 Å². The van der Waals surface area contributed by atoms with Gasteiger partial charge in [-0.05, 0) is 49.9 Å². The van der Waals surface area contributed by atoms with E-state index in [1.165, 1.54) is 44.9 Å². The van der Waals surface area contributed by atoms with Gasteiger partial charge in [-0.1, -0.05) is 31.9 Å². The first-order chi connectivity index (χ1) is 6.40. The van der Waals surface area contributed by atoms with Crippen LogP contribution in [-0.4, -0.2) is 0 Å². The Labute approximate surface area is 82.4 Å². The molecule has 2 aliphatic rings. The molecule has 1 saturated carbocycles. The van der Waals surface area contributed by atoms with E-state index in [4.69, 9.17) is 0 Å². The minimum absolute atomic E-state index is 0.945. The summed E-state index contributed by atoms with van der Waals surface area (Å²) in [6, 6.07) is 0. The van der Waals surface area contributed by atoms with Gasteiger partial charge >= 0.3 is 0 Å². The maximum Gasteiger partial charge on any atom is -0.0231 e. The van der Waals surface area contributed by atoms with Gasteiger partial charge in [0.2, 0.25) is 0 Å². The normalized spacial score (nSPS) is 37.8. The van der Waals surface area contributed by atoms with Gasteiger partial charge in [-0.3, -0.25) is 0 Å². The average molecular weight is 178 g/mol. The van der Waals surface area contributed by atoms with Gasteiger partial charge < -0.3 is 0 Å². The van der Waals surface area contributed by atoms with Gasteiger partial charge in [0.15, 0.2) is 0 Å². The minimum Gasteiger partial charge on any atom is -0.0883 e. The third-order valence-corrected chi connectivity index (χ3v) is 3.69. The van der Waals surface area contributed by atoms with Crippen LogP contribution in [-0.2, 0) is 0 Å². The Hall–Kier alpha value is -0.260. The van der Waals surface area contributed by atoms with E-state index in [-0.39, 0.29) is 0 Å². The van der Waals surface area contributed by atoms with Crippen molar-refractivity contribution in [3.63, 3.8) is 0 Å². The summed E-state index contributed by atoms with van der Waals surface area (Å²) in [4.78, 5) is 0. The van der Waals surface area contributed by atoms with E-state index >= 15 is 0 Å². The molecule has 0 spiro atoms. The van der Waals surface area contributed by atoms with Crippen molar-refractivity contribution in [1.82, 2.24) is 0 Å². The molecule has 3 atom stereocenters. The summed E-state index contributed by atoms with van der Waals surface area (Å²) in [5, 5.41) is 0. The van der Waals surface area contributed by atoms with Crippen molar-refractivity contribution in [3.8, 4) is 0 Å². The number of hydrogen-bond donors (Lipinski definition) is 0.